The molecule has 0 spiro atoms. The standard InChI is InChI=1S/C28H30N2O11/c1-3-12-14(8-18-21-15(9-19(29-18)25(35)36)13-6-4-5-7-17(13)30-21)16(26(37)38-2)11-39-27(12)41-28-24(34)23(33)22(32)20(10-31)40-28/h3-7,9,11-12,14,20,22-24,27-28,30-34H,1,8,10H2,2H3,(H,35,36)/t12-,14+,20-,22-,23+,24-,27+,28-/m1/s1. The third kappa shape index (κ3) is 5.19. The molecule has 1 fully saturated rings. The van der Waals surface area contributed by atoms with E-state index in [9.17, 15) is 35.1 Å². The fraction of sp³-hybridized carbons (Fsp3) is 0.393. The first-order valence-electron chi connectivity index (χ1n) is 12.8. The highest BCUT2D eigenvalue weighted by Gasteiger charge is 2.47. The number of aliphatic hydroxyl groups is 4. The van der Waals surface area contributed by atoms with E-state index in [1.807, 2.05) is 24.3 Å². The molecule has 13 heteroatoms. The van der Waals surface area contributed by atoms with Crippen LogP contribution in [-0.4, -0.2) is 98.2 Å². The summed E-state index contributed by atoms with van der Waals surface area (Å²) in [6.07, 6.45) is -6.23. The molecule has 0 bridgehead atoms. The number of esters is 1. The maximum atomic E-state index is 12.8. The molecule has 2 aliphatic rings. The minimum atomic E-state index is -1.69. The number of carboxylic acids is 1. The Bertz CT molecular complexity index is 1500. The van der Waals surface area contributed by atoms with Gasteiger partial charge in [0.2, 0.25) is 6.29 Å². The number of aromatic amines is 1. The second-order valence-electron chi connectivity index (χ2n) is 9.88. The fourth-order valence-corrected chi connectivity index (χ4v) is 5.37. The smallest absolute Gasteiger partial charge is 0.354 e. The molecule has 41 heavy (non-hydrogen) atoms. The van der Waals surface area contributed by atoms with Gasteiger partial charge < -0.3 is 49.5 Å². The van der Waals surface area contributed by atoms with Gasteiger partial charge in [-0.25, -0.2) is 14.6 Å². The third-order valence-electron chi connectivity index (χ3n) is 7.52. The summed E-state index contributed by atoms with van der Waals surface area (Å²) < 4.78 is 22.0. The lowest BCUT2D eigenvalue weighted by Crippen LogP contribution is -2.60. The number of aromatic nitrogens is 2. The summed E-state index contributed by atoms with van der Waals surface area (Å²) in [5.41, 5.74) is 1.64. The summed E-state index contributed by atoms with van der Waals surface area (Å²) in [4.78, 5) is 32.5. The maximum absolute atomic E-state index is 12.8. The van der Waals surface area contributed by atoms with Crippen LogP contribution in [0.25, 0.3) is 21.8 Å². The van der Waals surface area contributed by atoms with Crippen LogP contribution >= 0.6 is 0 Å². The van der Waals surface area contributed by atoms with E-state index in [0.717, 1.165) is 17.2 Å². The van der Waals surface area contributed by atoms with Crippen LogP contribution in [0.3, 0.4) is 0 Å². The number of ether oxygens (including phenoxy) is 4. The number of hydrogen-bond acceptors (Lipinski definition) is 11. The molecular formula is C28H30N2O11. The van der Waals surface area contributed by atoms with Gasteiger partial charge in [0.1, 0.15) is 30.1 Å². The van der Waals surface area contributed by atoms with Crippen molar-refractivity contribution in [2.24, 2.45) is 11.8 Å². The van der Waals surface area contributed by atoms with Crippen LogP contribution in [0.15, 0.2) is 54.8 Å². The number of nitrogens with one attached hydrogen (secondary N) is 1. The predicted molar refractivity (Wildman–Crippen MR) is 141 cm³/mol. The molecule has 13 nitrogen and oxygen atoms in total. The lowest BCUT2D eigenvalue weighted by molar-refractivity contribution is -0.339. The molecule has 1 aromatic carbocycles. The summed E-state index contributed by atoms with van der Waals surface area (Å²) >= 11 is 0. The molecular weight excluding hydrogens is 540 g/mol. The molecule has 0 radical (unpaired) electrons. The Hall–Kier alpha value is -3.85. The van der Waals surface area contributed by atoms with Gasteiger partial charge in [-0.05, 0) is 18.6 Å². The van der Waals surface area contributed by atoms with E-state index in [2.05, 4.69) is 16.5 Å². The summed E-state index contributed by atoms with van der Waals surface area (Å²) in [6.45, 7) is 3.21. The van der Waals surface area contributed by atoms with Gasteiger partial charge in [-0.3, -0.25) is 0 Å². The average molecular weight is 571 g/mol. The zero-order chi connectivity index (χ0) is 29.4. The number of carboxylic acid groups (broad SMARTS) is 1. The molecule has 0 amide bonds. The lowest BCUT2D eigenvalue weighted by Gasteiger charge is -2.43. The number of pyridine rings is 1. The summed E-state index contributed by atoms with van der Waals surface area (Å²) in [5.74, 6) is -3.47. The number of aliphatic hydroxyl groups excluding tert-OH is 4. The van der Waals surface area contributed by atoms with Crippen molar-refractivity contribution in [3.05, 3.63) is 66.2 Å². The van der Waals surface area contributed by atoms with E-state index >= 15 is 0 Å². The minimum Gasteiger partial charge on any atom is -0.477 e. The number of carbonyl (C=O) groups is 2. The van der Waals surface area contributed by atoms with E-state index in [1.165, 1.54) is 19.3 Å². The summed E-state index contributed by atoms with van der Waals surface area (Å²) in [7, 11) is 1.21. The molecule has 0 saturated carbocycles. The number of benzene rings is 1. The van der Waals surface area contributed by atoms with Crippen LogP contribution < -0.4 is 0 Å². The number of para-hydroxylation sites is 1. The lowest BCUT2D eigenvalue weighted by atomic mass is 9.80. The van der Waals surface area contributed by atoms with Crippen molar-refractivity contribution in [3.63, 3.8) is 0 Å². The van der Waals surface area contributed by atoms with Crippen LogP contribution in [0.2, 0.25) is 0 Å². The van der Waals surface area contributed by atoms with Gasteiger partial charge in [-0.1, -0.05) is 24.3 Å². The van der Waals surface area contributed by atoms with Gasteiger partial charge in [-0.2, -0.15) is 0 Å². The van der Waals surface area contributed by atoms with Crippen molar-refractivity contribution >= 4 is 33.7 Å². The number of methoxy groups -OCH3 is 1. The predicted octanol–water partition coefficient (Wildman–Crippen LogP) is 0.605. The SMILES string of the molecule is C=C[C@H]1[C@H](O[C@H]2O[C@H](CO)[C@@H](O)[C@H](O)[C@H]2O)OC=C(C(=O)OC)[C@H]1Cc1nc(C(=O)O)cc2c1[nH]c1ccccc12. The highest BCUT2D eigenvalue weighted by atomic mass is 16.8. The Morgan fingerprint density at radius 3 is 2.56 bits per heavy atom. The van der Waals surface area contributed by atoms with Crippen molar-refractivity contribution < 1.29 is 54.1 Å². The third-order valence-corrected chi connectivity index (χ3v) is 7.52. The number of nitrogens with zero attached hydrogens (tertiary/aromatic N) is 1. The first-order valence-corrected chi connectivity index (χ1v) is 12.8. The van der Waals surface area contributed by atoms with Crippen LogP contribution in [0.1, 0.15) is 16.2 Å². The molecule has 0 aliphatic carbocycles. The van der Waals surface area contributed by atoms with Crippen LogP contribution in [0.5, 0.6) is 0 Å². The number of fused-ring (bicyclic) bond motifs is 3. The number of rotatable bonds is 8. The van der Waals surface area contributed by atoms with Crippen LogP contribution in [0, 0.1) is 11.8 Å². The first-order chi connectivity index (χ1) is 19.7. The summed E-state index contributed by atoms with van der Waals surface area (Å²) in [5, 5.41) is 51.5. The molecule has 0 unspecified atom stereocenters. The molecule has 2 aliphatic heterocycles. The second-order valence-corrected chi connectivity index (χ2v) is 9.88. The Balaban J connectivity index is 1.54. The fourth-order valence-electron chi connectivity index (χ4n) is 5.37. The average Bonchev–Trinajstić information content (AvgIpc) is 3.36. The van der Waals surface area contributed by atoms with Crippen molar-refractivity contribution in [2.45, 2.75) is 43.4 Å². The molecule has 3 aromatic rings. The highest BCUT2D eigenvalue weighted by molar-refractivity contribution is 6.09. The Morgan fingerprint density at radius 1 is 1.12 bits per heavy atom. The molecule has 8 atom stereocenters. The minimum absolute atomic E-state index is 0.0277. The molecule has 1 saturated heterocycles. The number of carbonyl (C=O) groups excluding carboxylic acids is 1. The van der Waals surface area contributed by atoms with Gasteiger partial charge in [0, 0.05) is 28.1 Å². The van der Waals surface area contributed by atoms with E-state index in [1.54, 1.807) is 0 Å². The van der Waals surface area contributed by atoms with Gasteiger partial charge in [-0.15, -0.1) is 6.58 Å². The topological polar surface area (TPSA) is 201 Å². The normalized spacial score (nSPS) is 30.0. The van der Waals surface area contributed by atoms with Crippen molar-refractivity contribution in [1.82, 2.24) is 9.97 Å². The monoisotopic (exact) mass is 570 g/mol. The van der Waals surface area contributed by atoms with E-state index < -0.39 is 67.4 Å². The van der Waals surface area contributed by atoms with Gasteiger partial charge in [0.25, 0.3) is 0 Å². The van der Waals surface area contributed by atoms with Gasteiger partial charge >= 0.3 is 11.9 Å². The molecule has 5 rings (SSSR count). The zero-order valence-corrected chi connectivity index (χ0v) is 21.9. The Kier molecular flexibility index (Phi) is 8.09. The largest absolute Gasteiger partial charge is 0.477 e. The highest BCUT2D eigenvalue weighted by Crippen LogP contribution is 2.38. The zero-order valence-electron chi connectivity index (χ0n) is 21.9. The Labute approximate surface area is 233 Å². The van der Waals surface area contributed by atoms with Gasteiger partial charge in [0.15, 0.2) is 6.29 Å². The van der Waals surface area contributed by atoms with Crippen molar-refractivity contribution in [1.29, 1.82) is 0 Å². The maximum Gasteiger partial charge on any atom is 0.354 e. The quantitative estimate of drug-likeness (QED) is 0.163. The van der Waals surface area contributed by atoms with Crippen LogP contribution in [-0.2, 0) is 30.2 Å². The van der Waals surface area contributed by atoms with E-state index in [-0.39, 0.29) is 17.7 Å². The first kappa shape index (κ1) is 28.7. The Morgan fingerprint density at radius 2 is 1.88 bits per heavy atom. The molecule has 4 heterocycles. The van der Waals surface area contributed by atoms with E-state index in [4.69, 9.17) is 18.9 Å². The number of hydrogen-bond donors (Lipinski definition) is 6. The second kappa shape index (κ2) is 11.6. The molecule has 6 N–H and O–H groups in total. The summed E-state index contributed by atoms with van der Waals surface area (Å²) in [6, 6.07) is 8.87. The van der Waals surface area contributed by atoms with Crippen LogP contribution in [0.4, 0.5) is 0 Å². The number of aromatic carboxylic acids is 1. The number of H-pyrrole nitrogens is 1. The van der Waals surface area contributed by atoms with Crippen molar-refractivity contribution in [2.75, 3.05) is 13.7 Å². The van der Waals surface area contributed by atoms with Crippen molar-refractivity contribution in [3.8, 4) is 0 Å². The molecule has 2 aromatic heterocycles. The van der Waals surface area contributed by atoms with Gasteiger partial charge in [0.05, 0.1) is 36.8 Å². The van der Waals surface area contributed by atoms with E-state index in [0.29, 0.717) is 16.6 Å². The molecule has 218 valence electrons.